The van der Waals surface area contributed by atoms with Crippen LogP contribution in [0.5, 0.6) is 0 Å². The van der Waals surface area contributed by atoms with E-state index >= 15 is 0 Å². The topological polar surface area (TPSA) is 67.2 Å². The molecule has 2 aromatic carbocycles. The van der Waals surface area contributed by atoms with Gasteiger partial charge in [-0.1, -0.05) is 43.1 Å². The van der Waals surface area contributed by atoms with E-state index in [0.29, 0.717) is 41.2 Å². The van der Waals surface area contributed by atoms with Crippen LogP contribution in [0.1, 0.15) is 42.9 Å². The van der Waals surface area contributed by atoms with Crippen molar-refractivity contribution in [2.75, 3.05) is 31.1 Å². The molecule has 0 N–H and O–H groups in total. The first-order valence-electron chi connectivity index (χ1n) is 12.7. The molecule has 7 nitrogen and oxygen atoms in total. The molecule has 1 saturated heterocycles. The lowest BCUT2D eigenvalue weighted by Crippen LogP contribution is -2.35. The summed E-state index contributed by atoms with van der Waals surface area (Å²) in [6.45, 7) is 7.18. The van der Waals surface area contributed by atoms with Crippen molar-refractivity contribution in [3.63, 3.8) is 0 Å². The number of nitrogens with zero attached hydrogens (tertiary/aromatic N) is 6. The molecule has 1 aliphatic rings. The zero-order valence-corrected chi connectivity index (χ0v) is 22.6. The molecule has 1 aliphatic heterocycles. The van der Waals surface area contributed by atoms with Crippen LogP contribution in [-0.2, 0) is 6.42 Å². The Bertz CT molecular complexity index is 1400. The molecule has 1 amide bonds. The van der Waals surface area contributed by atoms with Crippen molar-refractivity contribution in [2.24, 2.45) is 5.92 Å². The summed E-state index contributed by atoms with van der Waals surface area (Å²) >= 11 is 12.3. The summed E-state index contributed by atoms with van der Waals surface area (Å²) in [7, 11) is 0. The lowest BCUT2D eigenvalue weighted by Gasteiger charge is -2.24. The van der Waals surface area contributed by atoms with Gasteiger partial charge in [0.15, 0.2) is 5.65 Å². The third-order valence-corrected chi connectivity index (χ3v) is 7.11. The fraction of sp³-hybridized carbons (Fsp3) is 0.357. The van der Waals surface area contributed by atoms with E-state index in [1.165, 1.54) is 0 Å². The summed E-state index contributed by atoms with van der Waals surface area (Å²) in [6, 6.07) is 14.7. The van der Waals surface area contributed by atoms with E-state index in [1.807, 2.05) is 40.0 Å². The maximum absolute atomic E-state index is 13.1. The predicted octanol–water partition coefficient (Wildman–Crippen LogP) is 6.06. The Morgan fingerprint density at radius 3 is 2.54 bits per heavy atom. The van der Waals surface area contributed by atoms with E-state index < -0.39 is 0 Å². The molecule has 0 atom stereocenters. The Labute approximate surface area is 227 Å². The van der Waals surface area contributed by atoms with Gasteiger partial charge in [-0.3, -0.25) is 4.79 Å². The molecule has 2 aromatic heterocycles. The highest BCUT2D eigenvalue weighted by Gasteiger charge is 2.24. The highest BCUT2D eigenvalue weighted by molar-refractivity contribution is 6.31. The number of aromatic nitrogens is 4. The molecule has 0 spiro atoms. The number of aryl methyl sites for hydroxylation is 1. The lowest BCUT2D eigenvalue weighted by molar-refractivity contribution is 0.0767. The van der Waals surface area contributed by atoms with E-state index in [1.54, 1.807) is 24.3 Å². The van der Waals surface area contributed by atoms with Crippen LogP contribution in [0.4, 0.5) is 5.82 Å². The average molecular weight is 537 g/mol. The van der Waals surface area contributed by atoms with Crippen LogP contribution >= 0.6 is 23.2 Å². The summed E-state index contributed by atoms with van der Waals surface area (Å²) < 4.78 is 1.83. The summed E-state index contributed by atoms with van der Waals surface area (Å²) in [5, 5.41) is 6.83. The first-order chi connectivity index (χ1) is 17.9. The monoisotopic (exact) mass is 536 g/mol. The Kier molecular flexibility index (Phi) is 7.63. The Morgan fingerprint density at radius 2 is 1.78 bits per heavy atom. The van der Waals surface area contributed by atoms with Crippen LogP contribution in [0.3, 0.4) is 0 Å². The van der Waals surface area contributed by atoms with E-state index in [0.717, 1.165) is 54.2 Å². The maximum atomic E-state index is 13.1. The highest BCUT2D eigenvalue weighted by Crippen LogP contribution is 2.28. The standard InChI is InChI=1S/C28H30Cl2N6O/c1-19(2)7-12-25-32-26(24-18-31-36(27(24)33-25)23-6-3-5-22(30)17-23)34-13-4-14-35(16-15-34)28(37)20-8-10-21(29)11-9-20/h3,5-6,8-11,17-19H,4,7,12-16H2,1-2H3. The van der Waals surface area contributed by atoms with Gasteiger partial charge in [-0.25, -0.2) is 14.6 Å². The minimum atomic E-state index is 0.0257. The van der Waals surface area contributed by atoms with Crippen LogP contribution in [0.25, 0.3) is 16.7 Å². The number of benzene rings is 2. The van der Waals surface area contributed by atoms with Gasteiger partial charge in [0.1, 0.15) is 11.6 Å². The fourth-order valence-corrected chi connectivity index (χ4v) is 4.92. The van der Waals surface area contributed by atoms with Crippen molar-refractivity contribution in [2.45, 2.75) is 33.1 Å². The molecule has 37 heavy (non-hydrogen) atoms. The Balaban J connectivity index is 1.46. The summed E-state index contributed by atoms with van der Waals surface area (Å²) in [6.07, 6.45) is 4.46. The zero-order chi connectivity index (χ0) is 25.9. The number of rotatable bonds is 6. The number of hydrogen-bond acceptors (Lipinski definition) is 5. The Hall–Kier alpha value is -3.16. The van der Waals surface area contributed by atoms with Crippen molar-refractivity contribution in [1.29, 1.82) is 0 Å². The smallest absolute Gasteiger partial charge is 0.253 e. The van der Waals surface area contributed by atoms with Crippen LogP contribution < -0.4 is 4.90 Å². The van der Waals surface area contributed by atoms with Gasteiger partial charge in [-0.05, 0) is 61.2 Å². The van der Waals surface area contributed by atoms with Gasteiger partial charge >= 0.3 is 0 Å². The van der Waals surface area contributed by atoms with Crippen LogP contribution in [0, 0.1) is 5.92 Å². The Morgan fingerprint density at radius 1 is 0.973 bits per heavy atom. The third kappa shape index (κ3) is 5.73. The summed E-state index contributed by atoms with van der Waals surface area (Å²) in [5.41, 5.74) is 2.28. The molecular weight excluding hydrogens is 507 g/mol. The van der Waals surface area contributed by atoms with Gasteiger partial charge in [0.05, 0.1) is 17.3 Å². The second-order valence-electron chi connectivity index (χ2n) is 9.81. The van der Waals surface area contributed by atoms with Crippen molar-refractivity contribution in [3.8, 4) is 5.69 Å². The molecule has 0 saturated carbocycles. The van der Waals surface area contributed by atoms with E-state index in [9.17, 15) is 4.79 Å². The predicted molar refractivity (Wildman–Crippen MR) is 149 cm³/mol. The first kappa shape index (κ1) is 25.5. The number of anilines is 1. The molecule has 9 heteroatoms. The van der Waals surface area contributed by atoms with Gasteiger partial charge in [-0.2, -0.15) is 5.10 Å². The fourth-order valence-electron chi connectivity index (χ4n) is 4.61. The van der Waals surface area contributed by atoms with Crippen LogP contribution in [0.15, 0.2) is 54.7 Å². The van der Waals surface area contributed by atoms with Crippen molar-refractivity contribution >= 4 is 46.0 Å². The molecule has 192 valence electrons. The second-order valence-corrected chi connectivity index (χ2v) is 10.7. The number of carbonyl (C=O) groups is 1. The van der Waals surface area contributed by atoms with Crippen LogP contribution in [0.2, 0.25) is 10.0 Å². The third-order valence-electron chi connectivity index (χ3n) is 6.63. The minimum Gasteiger partial charge on any atom is -0.354 e. The number of carbonyl (C=O) groups excluding carboxylic acids is 1. The summed E-state index contributed by atoms with van der Waals surface area (Å²) in [5.74, 6) is 2.25. The molecule has 5 rings (SSSR count). The highest BCUT2D eigenvalue weighted by atomic mass is 35.5. The van der Waals surface area contributed by atoms with Gasteiger partial charge in [-0.15, -0.1) is 0 Å². The van der Waals surface area contributed by atoms with Gasteiger partial charge in [0, 0.05) is 48.2 Å². The number of fused-ring (bicyclic) bond motifs is 1. The van der Waals surface area contributed by atoms with E-state index in [-0.39, 0.29) is 5.91 Å². The van der Waals surface area contributed by atoms with E-state index in [4.69, 9.17) is 33.2 Å². The molecule has 3 heterocycles. The zero-order valence-electron chi connectivity index (χ0n) is 21.1. The summed E-state index contributed by atoms with van der Waals surface area (Å²) in [4.78, 5) is 27.2. The van der Waals surface area contributed by atoms with Crippen molar-refractivity contribution < 1.29 is 4.79 Å². The lowest BCUT2D eigenvalue weighted by atomic mass is 10.1. The minimum absolute atomic E-state index is 0.0257. The molecule has 0 aliphatic carbocycles. The molecular formula is C28H30Cl2N6O. The maximum Gasteiger partial charge on any atom is 0.253 e. The number of halogens is 2. The largest absolute Gasteiger partial charge is 0.354 e. The van der Waals surface area contributed by atoms with Gasteiger partial charge < -0.3 is 9.80 Å². The average Bonchev–Trinajstić information content (AvgIpc) is 3.16. The quantitative estimate of drug-likeness (QED) is 0.299. The molecule has 1 fully saturated rings. The molecule has 4 aromatic rings. The van der Waals surface area contributed by atoms with Crippen LogP contribution in [-0.4, -0.2) is 56.7 Å². The van der Waals surface area contributed by atoms with Gasteiger partial charge in [0.2, 0.25) is 0 Å². The number of amides is 1. The number of hydrogen-bond donors (Lipinski definition) is 0. The normalized spacial score (nSPS) is 14.4. The van der Waals surface area contributed by atoms with Crippen molar-refractivity contribution in [1.82, 2.24) is 24.6 Å². The molecule has 0 unspecified atom stereocenters. The van der Waals surface area contributed by atoms with E-state index in [2.05, 4.69) is 23.8 Å². The van der Waals surface area contributed by atoms with Gasteiger partial charge in [0.25, 0.3) is 5.91 Å². The molecule has 0 radical (unpaired) electrons. The SMILES string of the molecule is CC(C)CCc1nc(N2CCCN(C(=O)c3ccc(Cl)cc3)CC2)c2cnn(-c3cccc(Cl)c3)c2n1. The molecule has 0 bridgehead atoms. The second kappa shape index (κ2) is 11.1. The first-order valence-corrected chi connectivity index (χ1v) is 13.4. The van der Waals surface area contributed by atoms with Crippen molar-refractivity contribution in [3.05, 3.63) is 76.2 Å².